The van der Waals surface area contributed by atoms with Gasteiger partial charge in [-0.1, -0.05) is 27.7 Å². The first-order valence-corrected chi connectivity index (χ1v) is 9.22. The third kappa shape index (κ3) is 4.67. The van der Waals surface area contributed by atoms with Crippen LogP contribution in [0.15, 0.2) is 0 Å². The van der Waals surface area contributed by atoms with Gasteiger partial charge in [0.2, 0.25) is 0 Å². The second-order valence-corrected chi connectivity index (χ2v) is 9.65. The number of rotatable bonds is 5. The third-order valence-corrected chi connectivity index (χ3v) is 7.15. The minimum Gasteiger partial charge on any atom is -0.390 e. The molecule has 0 aromatic heterocycles. The van der Waals surface area contributed by atoms with Crippen molar-refractivity contribution < 1.29 is 42.6 Å². The molecular weight excluding hydrogens is 361 g/mol. The molecule has 2 aliphatic rings. The molecule has 4 atom stereocenters. The van der Waals surface area contributed by atoms with Crippen LogP contribution in [0.1, 0.15) is 86.5 Å². The first kappa shape index (κ1) is 21.8. The van der Waals surface area contributed by atoms with E-state index in [9.17, 15) is 9.90 Å². The average molecular weight is 397 g/mol. The maximum Gasteiger partial charge on any atom is 0.136 e. The Balaban J connectivity index is 0.00000264. The number of carbonyl (C=O) groups is 1. The number of carbonyl (C=O) groups excluding carboxylic acids is 1. The minimum atomic E-state index is -0.583. The molecule has 0 aromatic rings. The van der Waals surface area contributed by atoms with Crippen LogP contribution >= 0.6 is 0 Å². The van der Waals surface area contributed by atoms with E-state index in [1.807, 2.05) is 13.8 Å². The van der Waals surface area contributed by atoms with Gasteiger partial charge in [-0.25, -0.2) is 0 Å². The summed E-state index contributed by atoms with van der Waals surface area (Å²) in [6, 6.07) is 0. The first-order valence-electron chi connectivity index (χ1n) is 9.22. The molecule has 2 fully saturated rings. The normalized spacial score (nSPS) is 33.1. The second kappa shape index (κ2) is 7.54. The van der Waals surface area contributed by atoms with Crippen LogP contribution in [-0.2, 0) is 37.5 Å². The molecule has 0 spiro atoms. The van der Waals surface area contributed by atoms with Crippen molar-refractivity contribution in [1.82, 2.24) is 0 Å². The standard InChI is InChI=1S/C20H36O2.Y/c1-14(18(2,3)12-13-19(4,5)22)15-9-10-16-17(21)8-7-11-20(15,16)6;/h14-16,22H,7-13H2,1-6H3;/t14-,15?,16-,20+;/m0./s1. The summed E-state index contributed by atoms with van der Waals surface area (Å²) in [4.78, 5) is 12.3. The van der Waals surface area contributed by atoms with E-state index in [-0.39, 0.29) is 43.5 Å². The molecule has 0 bridgehead atoms. The molecular formula is C20H36O2Y. The van der Waals surface area contributed by atoms with Gasteiger partial charge in [0.25, 0.3) is 0 Å². The zero-order valence-electron chi connectivity index (χ0n) is 16.1. The number of Topliss-reactive ketones (excluding diaryl/α,β-unsaturated/α-hetero) is 1. The summed E-state index contributed by atoms with van der Waals surface area (Å²) in [6.45, 7) is 13.3. The SMILES string of the molecule is C[C@@H](C1CC[C@H]2C(=O)CCC[C@]12C)C(C)(C)CCC(C)(C)O.[Y]. The van der Waals surface area contributed by atoms with Crippen molar-refractivity contribution in [2.75, 3.05) is 0 Å². The van der Waals surface area contributed by atoms with Crippen LogP contribution in [0.2, 0.25) is 0 Å². The van der Waals surface area contributed by atoms with E-state index < -0.39 is 5.60 Å². The molecule has 0 aliphatic heterocycles. The number of fused-ring (bicyclic) bond motifs is 1. The zero-order valence-corrected chi connectivity index (χ0v) is 19.0. The Morgan fingerprint density at radius 3 is 2.39 bits per heavy atom. The summed E-state index contributed by atoms with van der Waals surface area (Å²) in [6.07, 6.45) is 7.31. The molecule has 1 N–H and O–H groups in total. The first-order chi connectivity index (χ1) is 9.97. The van der Waals surface area contributed by atoms with E-state index in [2.05, 4.69) is 27.7 Å². The van der Waals surface area contributed by atoms with E-state index in [0.29, 0.717) is 23.5 Å². The largest absolute Gasteiger partial charge is 0.390 e. The van der Waals surface area contributed by atoms with Crippen molar-refractivity contribution in [1.29, 1.82) is 0 Å². The molecule has 3 heteroatoms. The number of hydrogen-bond acceptors (Lipinski definition) is 2. The van der Waals surface area contributed by atoms with E-state index in [4.69, 9.17) is 0 Å². The van der Waals surface area contributed by atoms with Crippen LogP contribution in [0.25, 0.3) is 0 Å². The van der Waals surface area contributed by atoms with E-state index in [0.717, 1.165) is 32.1 Å². The third-order valence-electron chi connectivity index (χ3n) is 7.15. The predicted molar refractivity (Wildman–Crippen MR) is 91.7 cm³/mol. The molecule has 2 nitrogen and oxygen atoms in total. The van der Waals surface area contributed by atoms with Crippen LogP contribution in [0.5, 0.6) is 0 Å². The van der Waals surface area contributed by atoms with Gasteiger partial charge in [-0.15, -0.1) is 0 Å². The molecule has 23 heavy (non-hydrogen) atoms. The van der Waals surface area contributed by atoms with Gasteiger partial charge in [0.1, 0.15) is 5.78 Å². The number of aliphatic hydroxyl groups is 1. The summed E-state index contributed by atoms with van der Waals surface area (Å²) in [7, 11) is 0. The molecule has 0 saturated heterocycles. The molecule has 0 amide bonds. The molecule has 0 aromatic carbocycles. The van der Waals surface area contributed by atoms with Gasteiger partial charge in [0.15, 0.2) is 0 Å². The molecule has 0 heterocycles. The van der Waals surface area contributed by atoms with Gasteiger partial charge in [0.05, 0.1) is 5.60 Å². The predicted octanol–water partition coefficient (Wildman–Crippen LogP) is 4.98. The molecule has 2 rings (SSSR count). The van der Waals surface area contributed by atoms with Gasteiger partial charge in [0, 0.05) is 45.0 Å². The smallest absolute Gasteiger partial charge is 0.136 e. The van der Waals surface area contributed by atoms with Crippen LogP contribution in [0.3, 0.4) is 0 Å². The molecule has 131 valence electrons. The quantitative estimate of drug-likeness (QED) is 0.710. The summed E-state index contributed by atoms with van der Waals surface area (Å²) < 4.78 is 0. The molecule has 1 unspecified atom stereocenters. The van der Waals surface area contributed by atoms with Crippen molar-refractivity contribution >= 4 is 5.78 Å². The Kier molecular flexibility index (Phi) is 7.14. The van der Waals surface area contributed by atoms with Crippen molar-refractivity contribution in [2.24, 2.45) is 28.6 Å². The average Bonchev–Trinajstić information content (AvgIpc) is 2.73. The van der Waals surface area contributed by atoms with E-state index in [1.165, 1.54) is 12.8 Å². The van der Waals surface area contributed by atoms with E-state index in [1.54, 1.807) is 0 Å². The second-order valence-electron chi connectivity index (χ2n) is 9.65. The topological polar surface area (TPSA) is 37.3 Å². The molecule has 1 radical (unpaired) electrons. The van der Waals surface area contributed by atoms with Crippen LogP contribution < -0.4 is 0 Å². The van der Waals surface area contributed by atoms with Crippen molar-refractivity contribution in [3.05, 3.63) is 0 Å². The van der Waals surface area contributed by atoms with Gasteiger partial charge < -0.3 is 5.11 Å². The van der Waals surface area contributed by atoms with Crippen LogP contribution in [0, 0.1) is 28.6 Å². The molecule has 2 saturated carbocycles. The van der Waals surface area contributed by atoms with Crippen LogP contribution in [-0.4, -0.2) is 16.5 Å². The van der Waals surface area contributed by atoms with Gasteiger partial charge >= 0.3 is 0 Å². The fourth-order valence-electron chi connectivity index (χ4n) is 5.19. The Morgan fingerprint density at radius 2 is 1.83 bits per heavy atom. The van der Waals surface area contributed by atoms with Crippen LogP contribution in [0.4, 0.5) is 0 Å². The Bertz CT molecular complexity index is 424. The fourth-order valence-corrected chi connectivity index (χ4v) is 5.19. The number of ketones is 1. The summed E-state index contributed by atoms with van der Waals surface area (Å²) >= 11 is 0. The fraction of sp³-hybridized carbons (Fsp3) is 0.950. The monoisotopic (exact) mass is 397 g/mol. The maximum atomic E-state index is 12.3. The van der Waals surface area contributed by atoms with Crippen molar-refractivity contribution in [3.8, 4) is 0 Å². The zero-order chi connectivity index (χ0) is 16.8. The summed E-state index contributed by atoms with van der Waals surface area (Å²) in [5.74, 6) is 2.09. The van der Waals surface area contributed by atoms with Gasteiger partial charge in [-0.3, -0.25) is 4.79 Å². The maximum absolute atomic E-state index is 12.3. The summed E-state index contributed by atoms with van der Waals surface area (Å²) in [5, 5.41) is 10.1. The molecule has 2 aliphatic carbocycles. The minimum absolute atomic E-state index is 0. The number of hydrogen-bond donors (Lipinski definition) is 1. The van der Waals surface area contributed by atoms with Crippen molar-refractivity contribution in [3.63, 3.8) is 0 Å². The Hall–Kier alpha value is 0.734. The van der Waals surface area contributed by atoms with Crippen molar-refractivity contribution in [2.45, 2.75) is 92.1 Å². The summed E-state index contributed by atoms with van der Waals surface area (Å²) in [5.41, 5.74) is -0.149. The Labute approximate surface area is 168 Å². The van der Waals surface area contributed by atoms with Gasteiger partial charge in [-0.2, -0.15) is 0 Å². The van der Waals surface area contributed by atoms with Gasteiger partial charge in [-0.05, 0) is 75.0 Å². The van der Waals surface area contributed by atoms with E-state index >= 15 is 0 Å². The Morgan fingerprint density at radius 1 is 1.22 bits per heavy atom.